The van der Waals surface area contributed by atoms with Crippen molar-refractivity contribution in [2.24, 2.45) is 0 Å². The zero-order valence-electron chi connectivity index (χ0n) is 19.9. The van der Waals surface area contributed by atoms with Gasteiger partial charge in [0, 0.05) is 19.2 Å². The zero-order valence-corrected chi connectivity index (χ0v) is 20.7. The number of hydrogen-bond donors (Lipinski definition) is 0. The Hall–Kier alpha value is -3.78. The summed E-state index contributed by atoms with van der Waals surface area (Å²) in [7, 11) is 4.98. The van der Waals surface area contributed by atoms with E-state index in [2.05, 4.69) is 10.2 Å². The number of nitrogens with zero attached hydrogens (tertiary/aromatic N) is 3. The van der Waals surface area contributed by atoms with Gasteiger partial charge in [0.1, 0.15) is 10.8 Å². The van der Waals surface area contributed by atoms with Crippen LogP contribution in [-0.4, -0.2) is 48.8 Å². The van der Waals surface area contributed by atoms with Crippen LogP contribution in [0.2, 0.25) is 0 Å². The molecule has 0 unspecified atom stereocenters. The lowest BCUT2D eigenvalue weighted by Crippen LogP contribution is -2.28. The molecule has 0 aliphatic heterocycles. The number of ether oxygens (including phenoxy) is 2. The Morgan fingerprint density at radius 1 is 0.943 bits per heavy atom. The molecule has 0 bridgehead atoms. The third-order valence-electron chi connectivity index (χ3n) is 5.47. The molecule has 35 heavy (non-hydrogen) atoms. The Balaban J connectivity index is 1.29. The van der Waals surface area contributed by atoms with Gasteiger partial charge in [-0.25, -0.2) is 0 Å². The van der Waals surface area contributed by atoms with E-state index in [1.54, 1.807) is 32.2 Å². The number of amides is 1. The van der Waals surface area contributed by atoms with Gasteiger partial charge in [-0.05, 0) is 48.4 Å². The first-order valence-corrected chi connectivity index (χ1v) is 12.1. The van der Waals surface area contributed by atoms with E-state index in [4.69, 9.17) is 13.9 Å². The van der Waals surface area contributed by atoms with E-state index in [1.807, 2.05) is 66.7 Å². The molecule has 8 heteroatoms. The molecule has 0 aliphatic rings. The lowest BCUT2D eigenvalue weighted by atomic mass is 10.1. The van der Waals surface area contributed by atoms with Crippen LogP contribution in [0.5, 0.6) is 11.5 Å². The van der Waals surface area contributed by atoms with Crippen LogP contribution in [0.4, 0.5) is 0 Å². The topological polar surface area (TPSA) is 77.7 Å². The summed E-state index contributed by atoms with van der Waals surface area (Å²) in [6.45, 7) is 0.544. The van der Waals surface area contributed by atoms with E-state index < -0.39 is 0 Å². The zero-order chi connectivity index (χ0) is 24.6. The summed E-state index contributed by atoms with van der Waals surface area (Å²) in [5, 5.41) is 9.40. The van der Waals surface area contributed by atoms with E-state index >= 15 is 0 Å². The lowest BCUT2D eigenvalue weighted by molar-refractivity contribution is 0.0763. The summed E-state index contributed by atoms with van der Waals surface area (Å²) in [5.41, 5.74) is 2.91. The molecule has 4 aromatic rings. The number of furan rings is 1. The van der Waals surface area contributed by atoms with Crippen molar-refractivity contribution < 1.29 is 18.7 Å². The van der Waals surface area contributed by atoms with Crippen molar-refractivity contribution in [3.05, 3.63) is 89.9 Å². The fraction of sp³-hybridized carbons (Fsp3) is 0.222. The molecule has 7 nitrogen and oxygen atoms in total. The second-order valence-electron chi connectivity index (χ2n) is 7.84. The normalized spacial score (nSPS) is 10.7. The van der Waals surface area contributed by atoms with Gasteiger partial charge in [-0.15, -0.1) is 10.2 Å². The van der Waals surface area contributed by atoms with Crippen molar-refractivity contribution in [1.29, 1.82) is 0 Å². The number of carbonyl (C=O) groups excluding carboxylic acids is 1. The predicted molar refractivity (Wildman–Crippen MR) is 136 cm³/mol. The molecule has 0 aliphatic carbocycles. The van der Waals surface area contributed by atoms with E-state index in [1.165, 1.54) is 11.8 Å². The monoisotopic (exact) mass is 489 g/mol. The van der Waals surface area contributed by atoms with E-state index in [0.29, 0.717) is 41.7 Å². The molecule has 2 aromatic carbocycles. The number of thioether (sulfide) groups is 1. The minimum absolute atomic E-state index is 0.159. The number of aromatic nitrogens is 2. The quantitative estimate of drug-likeness (QED) is 0.278. The minimum atomic E-state index is -0.159. The summed E-state index contributed by atoms with van der Waals surface area (Å²) in [5.74, 6) is 2.78. The van der Waals surface area contributed by atoms with Gasteiger partial charge in [-0.2, -0.15) is 0 Å². The third kappa shape index (κ3) is 6.22. The molecule has 0 fully saturated rings. The molecule has 1 amide bonds. The average Bonchev–Trinajstić information content (AvgIpc) is 3.39. The first kappa shape index (κ1) is 24.3. The average molecular weight is 490 g/mol. The summed E-state index contributed by atoms with van der Waals surface area (Å²) >= 11 is 1.51. The highest BCUT2D eigenvalue weighted by molar-refractivity contribution is 7.98. The van der Waals surface area contributed by atoms with Crippen molar-refractivity contribution in [2.45, 2.75) is 17.2 Å². The van der Waals surface area contributed by atoms with Gasteiger partial charge in [-0.3, -0.25) is 4.79 Å². The predicted octanol–water partition coefficient (Wildman–Crippen LogP) is 5.36. The van der Waals surface area contributed by atoms with Crippen LogP contribution < -0.4 is 9.47 Å². The smallest absolute Gasteiger partial charge is 0.289 e. The van der Waals surface area contributed by atoms with E-state index in [9.17, 15) is 4.79 Å². The van der Waals surface area contributed by atoms with Gasteiger partial charge >= 0.3 is 0 Å². The Kier molecular flexibility index (Phi) is 8.05. The molecule has 0 saturated heterocycles. The van der Waals surface area contributed by atoms with Gasteiger partial charge < -0.3 is 18.8 Å². The van der Waals surface area contributed by atoms with Gasteiger partial charge in [0.15, 0.2) is 17.3 Å². The summed E-state index contributed by atoms with van der Waals surface area (Å²) < 4.78 is 16.4. The van der Waals surface area contributed by atoms with Crippen molar-refractivity contribution >= 4 is 17.7 Å². The maximum atomic E-state index is 12.8. The van der Waals surface area contributed by atoms with Gasteiger partial charge in [0.25, 0.3) is 5.91 Å². The fourth-order valence-electron chi connectivity index (χ4n) is 3.50. The molecule has 0 atom stereocenters. The first-order valence-electron chi connectivity index (χ1n) is 11.1. The first-order chi connectivity index (χ1) is 17.1. The summed E-state index contributed by atoms with van der Waals surface area (Å²) in [4.78, 5) is 14.5. The van der Waals surface area contributed by atoms with Crippen LogP contribution in [0, 0.1) is 0 Å². The van der Waals surface area contributed by atoms with Crippen molar-refractivity contribution in [1.82, 2.24) is 15.1 Å². The van der Waals surface area contributed by atoms with Crippen LogP contribution in [0.25, 0.3) is 11.3 Å². The molecule has 0 saturated carbocycles. The maximum absolute atomic E-state index is 12.8. The highest BCUT2D eigenvalue weighted by Gasteiger charge is 2.17. The van der Waals surface area contributed by atoms with Crippen molar-refractivity contribution in [3.8, 4) is 22.8 Å². The maximum Gasteiger partial charge on any atom is 0.289 e. The molecule has 0 spiro atoms. The highest BCUT2D eigenvalue weighted by Crippen LogP contribution is 2.28. The lowest BCUT2D eigenvalue weighted by Gasteiger charge is -2.16. The highest BCUT2D eigenvalue weighted by atomic mass is 32.2. The van der Waals surface area contributed by atoms with E-state index in [0.717, 1.165) is 21.8 Å². The van der Waals surface area contributed by atoms with Gasteiger partial charge in [-0.1, -0.05) is 48.2 Å². The SMILES string of the molecule is COc1ccc(CCN(C)C(=O)c2ccc(CSc3ccc(-c4ccccc4)nn3)o2)cc1OC. The second-order valence-corrected chi connectivity index (χ2v) is 8.84. The second kappa shape index (κ2) is 11.6. The number of rotatable bonds is 10. The number of benzene rings is 2. The Morgan fingerprint density at radius 3 is 2.46 bits per heavy atom. The Bertz CT molecular complexity index is 1260. The largest absolute Gasteiger partial charge is 0.493 e. The van der Waals surface area contributed by atoms with Crippen LogP contribution in [0.3, 0.4) is 0 Å². The van der Waals surface area contributed by atoms with Gasteiger partial charge in [0.2, 0.25) is 0 Å². The standard InChI is InChI=1S/C27H27N3O4S/c1-30(16-15-19-9-12-23(32-2)25(17-19)33-3)27(31)24-13-10-21(34-24)18-35-26-14-11-22(28-29-26)20-7-5-4-6-8-20/h4-14,17H,15-16,18H2,1-3H3. The molecular formula is C27H27N3O4S. The van der Waals surface area contributed by atoms with Crippen LogP contribution in [-0.2, 0) is 12.2 Å². The number of methoxy groups -OCH3 is 2. The number of carbonyl (C=O) groups is 1. The third-order valence-corrected chi connectivity index (χ3v) is 6.42. The Labute approximate surface area is 209 Å². The number of hydrogen-bond acceptors (Lipinski definition) is 7. The molecule has 2 heterocycles. The van der Waals surface area contributed by atoms with Crippen LogP contribution >= 0.6 is 11.8 Å². The van der Waals surface area contributed by atoms with Crippen molar-refractivity contribution in [3.63, 3.8) is 0 Å². The molecule has 2 aromatic heterocycles. The molecule has 0 radical (unpaired) electrons. The summed E-state index contributed by atoms with van der Waals surface area (Å²) in [6.07, 6.45) is 0.684. The van der Waals surface area contributed by atoms with Crippen LogP contribution in [0.1, 0.15) is 21.9 Å². The molecule has 0 N–H and O–H groups in total. The number of likely N-dealkylation sites (N-methyl/N-ethyl adjacent to an activating group) is 1. The van der Waals surface area contributed by atoms with Crippen molar-refractivity contribution in [2.75, 3.05) is 27.8 Å². The molecule has 180 valence electrons. The minimum Gasteiger partial charge on any atom is -0.493 e. The molecule has 4 rings (SSSR count). The van der Waals surface area contributed by atoms with E-state index in [-0.39, 0.29) is 5.91 Å². The summed E-state index contributed by atoms with van der Waals surface area (Å²) in [6, 6.07) is 23.1. The fourth-order valence-corrected chi connectivity index (χ4v) is 4.21. The van der Waals surface area contributed by atoms with Gasteiger partial charge in [0.05, 0.1) is 25.7 Å². The van der Waals surface area contributed by atoms with Crippen LogP contribution in [0.15, 0.2) is 82.2 Å². The Morgan fingerprint density at radius 2 is 1.74 bits per heavy atom. The molecular weight excluding hydrogens is 462 g/mol.